The lowest BCUT2D eigenvalue weighted by molar-refractivity contribution is 0.414. The van der Waals surface area contributed by atoms with Crippen LogP contribution in [0, 0.1) is 13.8 Å². The molecule has 0 atom stereocenters. The van der Waals surface area contributed by atoms with Gasteiger partial charge in [-0.1, -0.05) is 12.1 Å². The van der Waals surface area contributed by atoms with E-state index in [0.29, 0.717) is 0 Å². The molecule has 1 aromatic heterocycles. The summed E-state index contributed by atoms with van der Waals surface area (Å²) in [6.07, 6.45) is 1.91. The zero-order valence-corrected chi connectivity index (χ0v) is 15.7. The van der Waals surface area contributed by atoms with Gasteiger partial charge in [-0.25, -0.2) is 4.98 Å². The minimum absolute atomic E-state index is 0.836. The van der Waals surface area contributed by atoms with Gasteiger partial charge in [0, 0.05) is 31.4 Å². The molecular formula is C18H26N4OS. The highest BCUT2D eigenvalue weighted by molar-refractivity contribution is 7.11. The number of aliphatic imine (C=N–C) groups is 1. The van der Waals surface area contributed by atoms with Crippen molar-refractivity contribution in [2.45, 2.75) is 26.7 Å². The second-order valence-electron chi connectivity index (χ2n) is 5.52. The molecule has 0 aliphatic rings. The lowest BCUT2D eigenvalue weighted by atomic mass is 10.1. The summed E-state index contributed by atoms with van der Waals surface area (Å²) in [7, 11) is 3.48. The largest absolute Gasteiger partial charge is 0.497 e. The maximum absolute atomic E-state index is 5.17. The number of benzene rings is 1. The fourth-order valence-electron chi connectivity index (χ4n) is 2.44. The molecule has 0 aliphatic heterocycles. The van der Waals surface area contributed by atoms with Gasteiger partial charge < -0.3 is 15.4 Å². The van der Waals surface area contributed by atoms with Crippen molar-refractivity contribution in [2.24, 2.45) is 4.99 Å². The molecule has 0 saturated carbocycles. The van der Waals surface area contributed by atoms with Gasteiger partial charge in [-0.3, -0.25) is 4.99 Å². The topological polar surface area (TPSA) is 58.5 Å². The highest BCUT2D eigenvalue weighted by atomic mass is 32.1. The van der Waals surface area contributed by atoms with Gasteiger partial charge in [0.15, 0.2) is 5.96 Å². The molecule has 0 radical (unpaired) electrons. The molecule has 6 heteroatoms. The number of hydrogen-bond donors (Lipinski definition) is 2. The predicted octanol–water partition coefficient (Wildman–Crippen LogP) is 2.72. The maximum Gasteiger partial charge on any atom is 0.190 e. The smallest absolute Gasteiger partial charge is 0.190 e. The Balaban J connectivity index is 1.71. The number of guanidine groups is 1. The number of methoxy groups -OCH3 is 1. The Morgan fingerprint density at radius 1 is 1.12 bits per heavy atom. The summed E-state index contributed by atoms with van der Waals surface area (Å²) in [5, 5.41) is 7.83. The first-order valence-corrected chi connectivity index (χ1v) is 8.94. The van der Waals surface area contributed by atoms with Gasteiger partial charge in [-0.05, 0) is 38.0 Å². The van der Waals surface area contributed by atoms with Crippen molar-refractivity contribution in [1.82, 2.24) is 15.6 Å². The summed E-state index contributed by atoms with van der Waals surface area (Å²) in [4.78, 5) is 10.1. The van der Waals surface area contributed by atoms with Crippen molar-refractivity contribution in [3.8, 4) is 5.75 Å². The standard InChI is InChI=1S/C18H26N4OS/c1-13-17(24-14(2)22-13)10-12-21-18(19-3)20-11-9-15-5-7-16(23-4)8-6-15/h5-8H,9-12H2,1-4H3,(H2,19,20,21). The van der Waals surface area contributed by atoms with Crippen LogP contribution in [-0.4, -0.2) is 38.2 Å². The Labute approximate surface area is 148 Å². The van der Waals surface area contributed by atoms with Gasteiger partial charge >= 0.3 is 0 Å². The van der Waals surface area contributed by atoms with E-state index in [1.165, 1.54) is 10.4 Å². The number of rotatable bonds is 7. The van der Waals surface area contributed by atoms with Crippen LogP contribution in [0.3, 0.4) is 0 Å². The van der Waals surface area contributed by atoms with Gasteiger partial charge in [-0.15, -0.1) is 11.3 Å². The van der Waals surface area contributed by atoms with Crippen LogP contribution in [0.1, 0.15) is 21.1 Å². The molecule has 0 saturated heterocycles. The van der Waals surface area contributed by atoms with Crippen LogP contribution in [0.4, 0.5) is 0 Å². The lowest BCUT2D eigenvalue weighted by Gasteiger charge is -2.11. The number of ether oxygens (including phenoxy) is 1. The fourth-order valence-corrected chi connectivity index (χ4v) is 3.37. The van der Waals surface area contributed by atoms with Crippen molar-refractivity contribution in [3.05, 3.63) is 45.4 Å². The zero-order valence-electron chi connectivity index (χ0n) is 14.8. The van der Waals surface area contributed by atoms with E-state index in [9.17, 15) is 0 Å². The van der Waals surface area contributed by atoms with Crippen molar-refractivity contribution in [1.29, 1.82) is 0 Å². The van der Waals surface area contributed by atoms with Crippen molar-refractivity contribution in [3.63, 3.8) is 0 Å². The molecule has 1 aromatic carbocycles. The molecule has 130 valence electrons. The molecule has 2 aromatic rings. The molecule has 0 bridgehead atoms. The van der Waals surface area contributed by atoms with Gasteiger partial charge in [-0.2, -0.15) is 0 Å². The molecule has 0 fully saturated rings. The molecule has 0 unspecified atom stereocenters. The summed E-state index contributed by atoms with van der Waals surface area (Å²) >= 11 is 1.77. The number of thiazole rings is 1. The molecule has 24 heavy (non-hydrogen) atoms. The van der Waals surface area contributed by atoms with Gasteiger partial charge in [0.25, 0.3) is 0 Å². The first-order valence-electron chi connectivity index (χ1n) is 8.12. The number of aryl methyl sites for hydroxylation is 2. The van der Waals surface area contributed by atoms with E-state index >= 15 is 0 Å². The Kier molecular flexibility index (Phi) is 7.06. The Hall–Kier alpha value is -2.08. The molecule has 2 rings (SSSR count). The molecule has 0 aliphatic carbocycles. The normalized spacial score (nSPS) is 11.4. The third kappa shape index (κ3) is 5.53. The van der Waals surface area contributed by atoms with Crippen LogP contribution in [0.2, 0.25) is 0 Å². The van der Waals surface area contributed by atoms with Crippen molar-refractivity contribution < 1.29 is 4.74 Å². The Morgan fingerprint density at radius 3 is 2.33 bits per heavy atom. The van der Waals surface area contributed by atoms with Gasteiger partial charge in [0.2, 0.25) is 0 Å². The van der Waals surface area contributed by atoms with E-state index in [4.69, 9.17) is 4.74 Å². The monoisotopic (exact) mass is 346 g/mol. The average molecular weight is 347 g/mol. The second kappa shape index (κ2) is 9.27. The third-order valence-electron chi connectivity index (χ3n) is 3.73. The van der Waals surface area contributed by atoms with E-state index in [-0.39, 0.29) is 0 Å². The summed E-state index contributed by atoms with van der Waals surface area (Å²) in [6, 6.07) is 8.15. The van der Waals surface area contributed by atoms with Crippen LogP contribution in [0.15, 0.2) is 29.3 Å². The first kappa shape index (κ1) is 18.3. The quantitative estimate of drug-likeness (QED) is 0.598. The minimum Gasteiger partial charge on any atom is -0.497 e. The molecule has 2 N–H and O–H groups in total. The van der Waals surface area contributed by atoms with Crippen molar-refractivity contribution >= 4 is 17.3 Å². The Bertz CT molecular complexity index is 664. The van der Waals surface area contributed by atoms with Gasteiger partial charge in [0.05, 0.1) is 17.8 Å². The van der Waals surface area contributed by atoms with Crippen LogP contribution in [-0.2, 0) is 12.8 Å². The van der Waals surface area contributed by atoms with Crippen LogP contribution in [0.5, 0.6) is 5.75 Å². The summed E-state index contributed by atoms with van der Waals surface area (Å²) in [5.74, 6) is 1.72. The maximum atomic E-state index is 5.17. The molecule has 0 amide bonds. The number of nitrogens with zero attached hydrogens (tertiary/aromatic N) is 2. The highest BCUT2D eigenvalue weighted by Crippen LogP contribution is 2.17. The number of hydrogen-bond acceptors (Lipinski definition) is 4. The molecule has 5 nitrogen and oxygen atoms in total. The SMILES string of the molecule is CN=C(NCCc1ccc(OC)cc1)NCCc1sc(C)nc1C. The van der Waals surface area contributed by atoms with E-state index in [0.717, 1.165) is 48.3 Å². The van der Waals surface area contributed by atoms with E-state index in [1.807, 2.05) is 19.1 Å². The first-order chi connectivity index (χ1) is 11.6. The molecule has 0 spiro atoms. The number of aromatic nitrogens is 1. The van der Waals surface area contributed by atoms with E-state index < -0.39 is 0 Å². The highest BCUT2D eigenvalue weighted by Gasteiger charge is 2.05. The summed E-state index contributed by atoms with van der Waals surface area (Å²) in [5.41, 5.74) is 2.41. The second-order valence-corrected chi connectivity index (χ2v) is 6.80. The Morgan fingerprint density at radius 2 is 1.79 bits per heavy atom. The lowest BCUT2D eigenvalue weighted by Crippen LogP contribution is -2.39. The predicted molar refractivity (Wildman–Crippen MR) is 101 cm³/mol. The zero-order chi connectivity index (χ0) is 17.4. The van der Waals surface area contributed by atoms with Crippen LogP contribution < -0.4 is 15.4 Å². The minimum atomic E-state index is 0.836. The fraction of sp³-hybridized carbons (Fsp3) is 0.444. The van der Waals surface area contributed by atoms with E-state index in [2.05, 4.69) is 39.7 Å². The summed E-state index contributed by atoms with van der Waals surface area (Å²) < 4.78 is 5.17. The number of nitrogens with one attached hydrogen (secondary N) is 2. The van der Waals surface area contributed by atoms with E-state index in [1.54, 1.807) is 25.5 Å². The third-order valence-corrected chi connectivity index (χ3v) is 4.87. The summed E-state index contributed by atoms with van der Waals surface area (Å²) in [6.45, 7) is 5.81. The average Bonchev–Trinajstić information content (AvgIpc) is 2.91. The van der Waals surface area contributed by atoms with Crippen LogP contribution in [0.25, 0.3) is 0 Å². The van der Waals surface area contributed by atoms with Crippen molar-refractivity contribution in [2.75, 3.05) is 27.2 Å². The van der Waals surface area contributed by atoms with Gasteiger partial charge in [0.1, 0.15) is 5.75 Å². The molecular weight excluding hydrogens is 320 g/mol. The molecule has 1 heterocycles. The van der Waals surface area contributed by atoms with Crippen LogP contribution >= 0.6 is 11.3 Å².